The normalized spacial score (nSPS) is 16.9. The highest BCUT2D eigenvalue weighted by molar-refractivity contribution is 6.88. The Morgan fingerprint density at radius 2 is 2.05 bits per heavy atom. The van der Waals surface area contributed by atoms with Crippen LogP contribution in [0.2, 0.25) is 19.6 Å². The topological polar surface area (TPSA) is 29.5 Å². The first-order valence-corrected chi connectivity index (χ1v) is 10.4. The SMILES string of the molecule is COC(=O)C1CN(Cc2ccc([Si](C)(C)C)c(F)c2)C1. The summed E-state index contributed by atoms with van der Waals surface area (Å²) in [5.41, 5.74) is 0.966. The number of carbonyl (C=O) groups is 1. The van der Waals surface area contributed by atoms with E-state index in [0.29, 0.717) is 19.6 Å². The second-order valence-corrected chi connectivity index (χ2v) is 11.5. The standard InChI is InChI=1S/C15H22FNO2Si/c1-19-15(18)12-9-17(10-12)8-11-5-6-14(13(16)7-11)20(2,3)4/h5-7,12H,8-10H2,1-4H3. The van der Waals surface area contributed by atoms with E-state index < -0.39 is 8.07 Å². The molecule has 2 rings (SSSR count). The van der Waals surface area contributed by atoms with Gasteiger partial charge in [-0.25, -0.2) is 4.39 Å². The molecule has 0 aromatic heterocycles. The Balaban J connectivity index is 1.96. The van der Waals surface area contributed by atoms with Crippen molar-refractivity contribution in [3.63, 3.8) is 0 Å². The molecule has 1 fully saturated rings. The quantitative estimate of drug-likeness (QED) is 0.628. The molecule has 5 heteroatoms. The summed E-state index contributed by atoms with van der Waals surface area (Å²) in [5.74, 6) is -0.265. The fourth-order valence-electron chi connectivity index (χ4n) is 2.54. The molecule has 20 heavy (non-hydrogen) atoms. The lowest BCUT2D eigenvalue weighted by Gasteiger charge is -2.37. The van der Waals surface area contributed by atoms with E-state index in [2.05, 4.69) is 24.5 Å². The van der Waals surface area contributed by atoms with Gasteiger partial charge in [0.25, 0.3) is 0 Å². The maximum atomic E-state index is 14.1. The van der Waals surface area contributed by atoms with Gasteiger partial charge in [0.05, 0.1) is 21.1 Å². The van der Waals surface area contributed by atoms with Crippen LogP contribution in [0.3, 0.4) is 0 Å². The fraction of sp³-hybridized carbons (Fsp3) is 0.533. The number of methoxy groups -OCH3 is 1. The average molecular weight is 295 g/mol. The van der Waals surface area contributed by atoms with Gasteiger partial charge < -0.3 is 4.74 Å². The van der Waals surface area contributed by atoms with Crippen molar-refractivity contribution in [1.29, 1.82) is 0 Å². The van der Waals surface area contributed by atoms with Crippen molar-refractivity contribution in [2.24, 2.45) is 5.92 Å². The molecule has 0 N–H and O–H groups in total. The van der Waals surface area contributed by atoms with Gasteiger partial charge in [0.1, 0.15) is 5.82 Å². The molecule has 1 aromatic carbocycles. The second kappa shape index (κ2) is 5.66. The van der Waals surface area contributed by atoms with Crippen molar-refractivity contribution in [2.45, 2.75) is 26.2 Å². The monoisotopic (exact) mass is 295 g/mol. The van der Waals surface area contributed by atoms with Crippen molar-refractivity contribution in [2.75, 3.05) is 20.2 Å². The first-order valence-electron chi connectivity index (χ1n) is 6.90. The van der Waals surface area contributed by atoms with Crippen LogP contribution < -0.4 is 5.19 Å². The molecule has 0 radical (unpaired) electrons. The Labute approximate surface area is 120 Å². The third-order valence-corrected chi connectivity index (χ3v) is 5.76. The molecule has 0 saturated carbocycles. The Morgan fingerprint density at radius 1 is 1.40 bits per heavy atom. The molecule has 0 spiro atoms. The third kappa shape index (κ3) is 3.27. The fourth-order valence-corrected chi connectivity index (χ4v) is 3.91. The molecule has 1 heterocycles. The van der Waals surface area contributed by atoms with E-state index in [0.717, 1.165) is 10.8 Å². The summed E-state index contributed by atoms with van der Waals surface area (Å²) in [5, 5.41) is 0.872. The van der Waals surface area contributed by atoms with E-state index in [4.69, 9.17) is 4.74 Å². The molecule has 3 nitrogen and oxygen atoms in total. The van der Waals surface area contributed by atoms with Gasteiger partial charge in [0.2, 0.25) is 0 Å². The Bertz CT molecular complexity index is 507. The zero-order valence-electron chi connectivity index (χ0n) is 12.6. The summed E-state index contributed by atoms with van der Waals surface area (Å²) in [7, 11) is -0.204. The predicted octanol–water partition coefficient (Wildman–Crippen LogP) is 1.98. The van der Waals surface area contributed by atoms with E-state index >= 15 is 0 Å². The molecule has 0 bridgehead atoms. The molecule has 0 amide bonds. The van der Waals surface area contributed by atoms with Gasteiger partial charge in [0, 0.05) is 19.6 Å². The smallest absolute Gasteiger partial charge is 0.311 e. The van der Waals surface area contributed by atoms with Crippen LogP contribution in [0.5, 0.6) is 0 Å². The number of ether oxygens (including phenoxy) is 1. The minimum atomic E-state index is -1.62. The minimum Gasteiger partial charge on any atom is -0.469 e. The van der Waals surface area contributed by atoms with Gasteiger partial charge in [-0.3, -0.25) is 9.69 Å². The molecule has 0 atom stereocenters. The van der Waals surface area contributed by atoms with Crippen LogP contribution in [0.25, 0.3) is 0 Å². The molecule has 0 aliphatic carbocycles. The minimum absolute atomic E-state index is 0.0221. The van der Waals surface area contributed by atoms with E-state index in [9.17, 15) is 9.18 Å². The van der Waals surface area contributed by atoms with Gasteiger partial charge >= 0.3 is 5.97 Å². The molecular formula is C15H22FNO2Si. The number of esters is 1. The summed E-state index contributed by atoms with van der Waals surface area (Å²) < 4.78 is 18.8. The zero-order valence-corrected chi connectivity index (χ0v) is 13.6. The van der Waals surface area contributed by atoms with Gasteiger partial charge in [-0.15, -0.1) is 0 Å². The van der Waals surface area contributed by atoms with Crippen LogP contribution in [-0.4, -0.2) is 39.1 Å². The Hall–Kier alpha value is -1.20. The first-order chi connectivity index (χ1) is 9.31. The lowest BCUT2D eigenvalue weighted by molar-refractivity contribution is -0.151. The molecule has 110 valence electrons. The highest BCUT2D eigenvalue weighted by atomic mass is 28.3. The van der Waals surface area contributed by atoms with E-state index in [1.54, 1.807) is 6.07 Å². The third-order valence-electron chi connectivity index (χ3n) is 3.74. The van der Waals surface area contributed by atoms with Crippen molar-refractivity contribution in [3.8, 4) is 0 Å². The van der Waals surface area contributed by atoms with Crippen LogP contribution in [0.1, 0.15) is 5.56 Å². The van der Waals surface area contributed by atoms with Crippen LogP contribution in [0.15, 0.2) is 18.2 Å². The number of carbonyl (C=O) groups excluding carboxylic acids is 1. The highest BCUT2D eigenvalue weighted by Crippen LogP contribution is 2.20. The zero-order chi connectivity index (χ0) is 14.9. The largest absolute Gasteiger partial charge is 0.469 e. The Kier molecular flexibility index (Phi) is 4.30. The van der Waals surface area contributed by atoms with Crippen LogP contribution in [-0.2, 0) is 16.1 Å². The molecule has 0 unspecified atom stereocenters. The van der Waals surface area contributed by atoms with Gasteiger partial charge in [-0.05, 0) is 16.8 Å². The van der Waals surface area contributed by atoms with Gasteiger partial charge in [-0.2, -0.15) is 0 Å². The van der Waals surface area contributed by atoms with Crippen LogP contribution in [0.4, 0.5) is 4.39 Å². The number of halogens is 1. The van der Waals surface area contributed by atoms with Crippen LogP contribution >= 0.6 is 0 Å². The van der Waals surface area contributed by atoms with Crippen molar-refractivity contribution in [1.82, 2.24) is 4.90 Å². The van der Waals surface area contributed by atoms with E-state index in [1.165, 1.54) is 7.11 Å². The van der Waals surface area contributed by atoms with Gasteiger partial charge in [0.15, 0.2) is 0 Å². The van der Waals surface area contributed by atoms with E-state index in [1.807, 2.05) is 12.1 Å². The summed E-state index contributed by atoms with van der Waals surface area (Å²) in [4.78, 5) is 13.4. The predicted molar refractivity (Wildman–Crippen MR) is 80.2 cm³/mol. The number of hydrogen-bond donors (Lipinski definition) is 0. The average Bonchev–Trinajstić information content (AvgIpc) is 2.30. The lowest BCUT2D eigenvalue weighted by Crippen LogP contribution is -2.50. The molecular weight excluding hydrogens is 273 g/mol. The number of rotatable bonds is 4. The second-order valence-electron chi connectivity index (χ2n) is 6.48. The Morgan fingerprint density at radius 3 is 2.55 bits per heavy atom. The first kappa shape index (κ1) is 15.2. The lowest BCUT2D eigenvalue weighted by atomic mass is 9.99. The maximum Gasteiger partial charge on any atom is 0.311 e. The van der Waals surface area contributed by atoms with Crippen molar-refractivity contribution >= 4 is 19.2 Å². The van der Waals surface area contributed by atoms with Crippen molar-refractivity contribution in [3.05, 3.63) is 29.6 Å². The number of likely N-dealkylation sites (tertiary alicyclic amines) is 1. The summed E-state index contributed by atoms with van der Waals surface area (Å²) >= 11 is 0. The highest BCUT2D eigenvalue weighted by Gasteiger charge is 2.33. The molecule has 1 saturated heterocycles. The van der Waals surface area contributed by atoms with Crippen molar-refractivity contribution < 1.29 is 13.9 Å². The number of benzene rings is 1. The summed E-state index contributed by atoms with van der Waals surface area (Å²) in [6.07, 6.45) is 0. The van der Waals surface area contributed by atoms with E-state index in [-0.39, 0.29) is 17.7 Å². The summed E-state index contributed by atoms with van der Waals surface area (Å²) in [6, 6.07) is 5.57. The number of hydrogen-bond acceptors (Lipinski definition) is 3. The maximum absolute atomic E-state index is 14.1. The van der Waals surface area contributed by atoms with Gasteiger partial charge in [-0.1, -0.05) is 31.8 Å². The van der Waals surface area contributed by atoms with Crippen LogP contribution in [0, 0.1) is 11.7 Å². The number of nitrogens with zero attached hydrogens (tertiary/aromatic N) is 1. The summed E-state index contributed by atoms with van der Waals surface area (Å²) in [6.45, 7) is 8.51. The molecule has 1 aromatic rings. The molecule has 1 aliphatic rings. The molecule has 1 aliphatic heterocycles.